The maximum atomic E-state index is 13.3. The normalized spacial score (nSPS) is 12.1. The Morgan fingerprint density at radius 3 is 2.15 bits per heavy atom. The second kappa shape index (κ2) is 9.68. The summed E-state index contributed by atoms with van der Waals surface area (Å²) in [5.74, 6) is 0. The van der Waals surface area contributed by atoms with Crippen LogP contribution in [0.5, 0.6) is 0 Å². The number of ether oxygens (including phenoxy) is 1. The second-order valence-electron chi connectivity index (χ2n) is 5.22. The third-order valence-corrected chi connectivity index (χ3v) is 6.86. The number of hydrogen-bond acceptors (Lipinski definition) is 6. The average Bonchev–Trinajstić information content (AvgIpc) is 2.68. The van der Waals surface area contributed by atoms with Crippen LogP contribution in [-0.4, -0.2) is 31.6 Å². The minimum atomic E-state index is -3.97. The highest BCUT2D eigenvalue weighted by molar-refractivity contribution is 8.25. The van der Waals surface area contributed by atoms with Gasteiger partial charge in [0.25, 0.3) is 0 Å². The zero-order valence-corrected chi connectivity index (χ0v) is 17.3. The number of thiocarbonyl (C=S) groups is 1. The maximum Gasteiger partial charge on any atom is 0.411 e. The van der Waals surface area contributed by atoms with Gasteiger partial charge in [0, 0.05) is 0 Å². The van der Waals surface area contributed by atoms with E-state index in [0.29, 0.717) is 5.56 Å². The van der Waals surface area contributed by atoms with Crippen molar-refractivity contribution in [2.45, 2.75) is 11.8 Å². The van der Waals surface area contributed by atoms with Crippen LogP contribution in [0.15, 0.2) is 70.5 Å². The summed E-state index contributed by atoms with van der Waals surface area (Å²) in [5, 5.41) is 2.56. The van der Waals surface area contributed by atoms with Gasteiger partial charge >= 0.3 is 6.09 Å². The Kier molecular flexibility index (Phi) is 7.58. The Morgan fingerprint density at radius 1 is 1.07 bits per heavy atom. The highest BCUT2D eigenvalue weighted by Gasteiger charge is 2.29. The Hall–Kier alpha value is -2.16. The summed E-state index contributed by atoms with van der Waals surface area (Å²) in [6.45, 7) is 1.82. The van der Waals surface area contributed by atoms with Gasteiger partial charge in [0.2, 0.25) is 9.84 Å². The van der Waals surface area contributed by atoms with E-state index in [1.165, 1.54) is 12.1 Å². The molecule has 0 aliphatic rings. The van der Waals surface area contributed by atoms with Crippen molar-refractivity contribution in [1.29, 1.82) is 0 Å². The minimum Gasteiger partial charge on any atom is -0.450 e. The van der Waals surface area contributed by atoms with E-state index < -0.39 is 15.9 Å². The lowest BCUT2D eigenvalue weighted by molar-refractivity contribution is 0.157. The molecule has 1 amide bonds. The Balaban J connectivity index is 2.77. The van der Waals surface area contributed by atoms with Gasteiger partial charge in [0.05, 0.1) is 21.4 Å². The number of sulfone groups is 1. The van der Waals surface area contributed by atoms with Crippen molar-refractivity contribution in [1.82, 2.24) is 5.32 Å². The van der Waals surface area contributed by atoms with Crippen molar-refractivity contribution in [3.63, 3.8) is 0 Å². The lowest BCUT2D eigenvalue weighted by Gasteiger charge is -2.17. The SMILES string of the molecule is CCOC(=O)N/C(=C(\C(=S)SC)S(=O)(=O)c1ccccc1)c1ccccc1. The third kappa shape index (κ3) is 5.18. The van der Waals surface area contributed by atoms with Crippen LogP contribution in [0.3, 0.4) is 0 Å². The quantitative estimate of drug-likeness (QED) is 0.555. The third-order valence-electron chi connectivity index (χ3n) is 3.49. The minimum absolute atomic E-state index is 0.0930. The van der Waals surface area contributed by atoms with Gasteiger partial charge < -0.3 is 4.74 Å². The molecular formula is C19H19NO4S3. The van der Waals surface area contributed by atoms with Crippen molar-refractivity contribution in [3.8, 4) is 0 Å². The molecule has 1 N–H and O–H groups in total. The van der Waals surface area contributed by atoms with Crippen molar-refractivity contribution in [2.75, 3.05) is 12.9 Å². The Bertz CT molecular complexity index is 939. The molecule has 0 heterocycles. The van der Waals surface area contributed by atoms with E-state index in [2.05, 4.69) is 5.32 Å². The highest BCUT2D eigenvalue weighted by Crippen LogP contribution is 2.30. The number of hydrogen-bond donors (Lipinski definition) is 1. The molecule has 0 atom stereocenters. The van der Waals surface area contributed by atoms with Crippen LogP contribution >= 0.6 is 24.0 Å². The van der Waals surface area contributed by atoms with Gasteiger partial charge in [-0.15, -0.1) is 11.8 Å². The van der Waals surface area contributed by atoms with Crippen molar-refractivity contribution in [2.24, 2.45) is 0 Å². The molecule has 27 heavy (non-hydrogen) atoms. The fourth-order valence-corrected chi connectivity index (χ4v) is 5.00. The fraction of sp³-hybridized carbons (Fsp3) is 0.158. The van der Waals surface area contributed by atoms with Gasteiger partial charge in [-0.3, -0.25) is 5.32 Å². The number of thioether (sulfide) groups is 1. The van der Waals surface area contributed by atoms with E-state index in [1.54, 1.807) is 61.7 Å². The van der Waals surface area contributed by atoms with Crippen LogP contribution in [-0.2, 0) is 14.6 Å². The van der Waals surface area contributed by atoms with E-state index in [-0.39, 0.29) is 26.3 Å². The van der Waals surface area contributed by atoms with Crippen LogP contribution in [0.1, 0.15) is 12.5 Å². The molecule has 2 aromatic carbocycles. The monoisotopic (exact) mass is 421 g/mol. The van der Waals surface area contributed by atoms with Crippen molar-refractivity contribution < 1.29 is 17.9 Å². The smallest absolute Gasteiger partial charge is 0.411 e. The molecular weight excluding hydrogens is 402 g/mol. The van der Waals surface area contributed by atoms with Crippen molar-refractivity contribution in [3.05, 3.63) is 71.1 Å². The van der Waals surface area contributed by atoms with E-state index in [1.807, 2.05) is 0 Å². The summed E-state index contributed by atoms with van der Waals surface area (Å²) in [6, 6.07) is 16.7. The van der Waals surface area contributed by atoms with Gasteiger partial charge in [0.1, 0.15) is 4.91 Å². The summed E-state index contributed by atoms with van der Waals surface area (Å²) in [5.41, 5.74) is 0.605. The summed E-state index contributed by atoms with van der Waals surface area (Å²) in [7, 11) is -3.97. The van der Waals surface area contributed by atoms with Gasteiger partial charge in [-0.05, 0) is 30.9 Å². The predicted octanol–water partition coefficient (Wildman–Crippen LogP) is 4.27. The molecule has 0 radical (unpaired) electrons. The van der Waals surface area contributed by atoms with Gasteiger partial charge in [-0.1, -0.05) is 60.7 Å². The van der Waals surface area contributed by atoms with Crippen LogP contribution < -0.4 is 5.32 Å². The van der Waals surface area contributed by atoms with Gasteiger partial charge in [0.15, 0.2) is 0 Å². The number of alkyl carbamates (subject to hydrolysis) is 1. The first kappa shape index (κ1) is 21.1. The molecule has 0 fully saturated rings. The Labute approximate surface area is 168 Å². The zero-order valence-electron chi connectivity index (χ0n) is 14.8. The molecule has 8 heteroatoms. The van der Waals surface area contributed by atoms with Crippen LogP contribution in [0.4, 0.5) is 4.79 Å². The topological polar surface area (TPSA) is 72.5 Å². The molecule has 0 spiro atoms. The first-order valence-corrected chi connectivity index (χ1v) is 11.1. The fourth-order valence-electron chi connectivity index (χ4n) is 2.29. The zero-order chi connectivity index (χ0) is 19.9. The average molecular weight is 422 g/mol. The first-order valence-electron chi connectivity index (χ1n) is 8.03. The highest BCUT2D eigenvalue weighted by atomic mass is 32.2. The largest absolute Gasteiger partial charge is 0.450 e. The molecule has 5 nitrogen and oxygen atoms in total. The molecule has 0 aromatic heterocycles. The lowest BCUT2D eigenvalue weighted by Crippen LogP contribution is -2.27. The van der Waals surface area contributed by atoms with Gasteiger partial charge in [-0.2, -0.15) is 0 Å². The molecule has 0 saturated carbocycles. The lowest BCUT2D eigenvalue weighted by atomic mass is 10.1. The van der Waals surface area contributed by atoms with E-state index in [0.717, 1.165) is 11.8 Å². The maximum absolute atomic E-state index is 13.3. The Morgan fingerprint density at radius 2 is 1.63 bits per heavy atom. The number of amides is 1. The second-order valence-corrected chi connectivity index (χ2v) is 8.59. The molecule has 0 aliphatic heterocycles. The molecule has 0 aliphatic carbocycles. The molecule has 2 aromatic rings. The van der Waals surface area contributed by atoms with Crippen LogP contribution in [0.25, 0.3) is 5.70 Å². The number of carbonyl (C=O) groups is 1. The molecule has 0 saturated heterocycles. The molecule has 0 bridgehead atoms. The van der Waals surface area contributed by atoms with E-state index in [4.69, 9.17) is 17.0 Å². The van der Waals surface area contributed by atoms with E-state index >= 15 is 0 Å². The molecule has 142 valence electrons. The summed E-state index contributed by atoms with van der Waals surface area (Å²) in [6.07, 6.45) is 0.941. The van der Waals surface area contributed by atoms with Crippen LogP contribution in [0, 0.1) is 0 Å². The summed E-state index contributed by atoms with van der Waals surface area (Å²) >= 11 is 6.47. The molecule has 2 rings (SSSR count). The van der Waals surface area contributed by atoms with E-state index in [9.17, 15) is 13.2 Å². The summed E-state index contributed by atoms with van der Waals surface area (Å²) in [4.78, 5) is 12.1. The van der Waals surface area contributed by atoms with Crippen molar-refractivity contribution >= 4 is 49.8 Å². The van der Waals surface area contributed by atoms with Crippen LogP contribution in [0.2, 0.25) is 0 Å². The molecule has 0 unspecified atom stereocenters. The number of rotatable bonds is 6. The standard InChI is InChI=1S/C19H19NO4S3/c1-3-24-19(21)20-16(14-10-6-4-7-11-14)17(18(25)26-2)27(22,23)15-12-8-5-9-13-15/h4-13H,3H2,1-2H3,(H,20,21)/b17-16+. The predicted molar refractivity (Wildman–Crippen MR) is 113 cm³/mol. The first-order chi connectivity index (χ1) is 12.9. The summed E-state index contributed by atoms with van der Waals surface area (Å²) < 4.78 is 31.8. The number of benzene rings is 2. The number of carbonyl (C=O) groups excluding carboxylic acids is 1. The van der Waals surface area contributed by atoms with Gasteiger partial charge in [-0.25, -0.2) is 13.2 Å². The number of nitrogens with one attached hydrogen (secondary N) is 1.